The maximum absolute atomic E-state index is 12.1. The van der Waals surface area contributed by atoms with Gasteiger partial charge in [-0.3, -0.25) is 4.79 Å². The zero-order valence-corrected chi connectivity index (χ0v) is 12.7. The van der Waals surface area contributed by atoms with E-state index in [0.717, 1.165) is 10.0 Å². The predicted octanol–water partition coefficient (Wildman–Crippen LogP) is 3.72. The average Bonchev–Trinajstić information content (AvgIpc) is 2.43. The molecule has 20 heavy (non-hydrogen) atoms. The summed E-state index contributed by atoms with van der Waals surface area (Å²) >= 11 is 3.43. The quantitative estimate of drug-likeness (QED) is 0.898. The SMILES string of the molecule is COc1ccc(C(=O)Nc2cccc(C)c2Br)cc1O. The Bertz CT molecular complexity index is 656. The Kier molecular flexibility index (Phi) is 4.29. The number of phenolic OH excluding ortho intramolecular Hbond substituents is 1. The average molecular weight is 336 g/mol. The summed E-state index contributed by atoms with van der Waals surface area (Å²) in [7, 11) is 1.46. The topological polar surface area (TPSA) is 58.6 Å². The van der Waals surface area contributed by atoms with E-state index in [9.17, 15) is 9.90 Å². The molecule has 4 nitrogen and oxygen atoms in total. The molecule has 2 aromatic carbocycles. The van der Waals surface area contributed by atoms with Crippen LogP contribution in [0.15, 0.2) is 40.9 Å². The van der Waals surface area contributed by atoms with Crippen molar-refractivity contribution in [3.63, 3.8) is 0 Å². The van der Waals surface area contributed by atoms with E-state index in [-0.39, 0.29) is 11.7 Å². The van der Waals surface area contributed by atoms with Crippen LogP contribution in [-0.4, -0.2) is 18.1 Å². The Morgan fingerprint density at radius 3 is 2.70 bits per heavy atom. The number of phenols is 1. The highest BCUT2D eigenvalue weighted by molar-refractivity contribution is 9.10. The molecule has 2 N–H and O–H groups in total. The summed E-state index contributed by atoms with van der Waals surface area (Å²) < 4.78 is 5.78. The van der Waals surface area contributed by atoms with Crippen LogP contribution in [0, 0.1) is 6.92 Å². The largest absolute Gasteiger partial charge is 0.504 e. The van der Waals surface area contributed by atoms with Crippen molar-refractivity contribution in [2.24, 2.45) is 0 Å². The lowest BCUT2D eigenvalue weighted by molar-refractivity contribution is 0.102. The lowest BCUT2D eigenvalue weighted by Gasteiger charge is -2.10. The zero-order valence-electron chi connectivity index (χ0n) is 11.1. The summed E-state index contributed by atoms with van der Waals surface area (Å²) in [6.45, 7) is 1.94. The molecule has 1 amide bonds. The number of hydrogen-bond acceptors (Lipinski definition) is 3. The van der Waals surface area contributed by atoms with Crippen molar-refractivity contribution in [1.29, 1.82) is 0 Å². The van der Waals surface area contributed by atoms with Gasteiger partial charge in [0.1, 0.15) is 0 Å². The van der Waals surface area contributed by atoms with Gasteiger partial charge in [0, 0.05) is 10.0 Å². The predicted molar refractivity (Wildman–Crippen MR) is 81.5 cm³/mol. The molecule has 5 heteroatoms. The van der Waals surface area contributed by atoms with E-state index >= 15 is 0 Å². The molecule has 0 unspecified atom stereocenters. The molecular weight excluding hydrogens is 322 g/mol. The number of anilines is 1. The minimum absolute atomic E-state index is 0.0662. The number of halogens is 1. The van der Waals surface area contributed by atoms with Crippen molar-refractivity contribution in [2.45, 2.75) is 6.92 Å². The van der Waals surface area contributed by atoms with Crippen LogP contribution >= 0.6 is 15.9 Å². The fraction of sp³-hybridized carbons (Fsp3) is 0.133. The monoisotopic (exact) mass is 335 g/mol. The lowest BCUT2D eigenvalue weighted by Crippen LogP contribution is -2.12. The number of carbonyl (C=O) groups excluding carboxylic acids is 1. The van der Waals surface area contributed by atoms with Gasteiger partial charge in [-0.25, -0.2) is 0 Å². The van der Waals surface area contributed by atoms with Crippen LogP contribution in [0.5, 0.6) is 11.5 Å². The van der Waals surface area contributed by atoms with Gasteiger partial charge in [0.15, 0.2) is 11.5 Å². The van der Waals surface area contributed by atoms with Gasteiger partial charge >= 0.3 is 0 Å². The maximum atomic E-state index is 12.1. The van der Waals surface area contributed by atoms with E-state index in [1.807, 2.05) is 19.1 Å². The summed E-state index contributed by atoms with van der Waals surface area (Å²) in [5.41, 5.74) is 2.07. The van der Waals surface area contributed by atoms with E-state index in [2.05, 4.69) is 21.2 Å². The summed E-state index contributed by atoms with van der Waals surface area (Å²) in [6, 6.07) is 10.1. The number of carbonyl (C=O) groups is 1. The Hall–Kier alpha value is -2.01. The molecule has 2 aromatic rings. The van der Waals surface area contributed by atoms with E-state index in [4.69, 9.17) is 4.74 Å². The van der Waals surface area contributed by atoms with Crippen molar-refractivity contribution in [1.82, 2.24) is 0 Å². The standard InChI is InChI=1S/C15H14BrNO3/c1-9-4-3-5-11(14(9)16)17-15(19)10-6-7-13(20-2)12(18)8-10/h3-8,18H,1-2H3,(H,17,19). The summed E-state index contributed by atoms with van der Waals surface area (Å²) in [6.07, 6.45) is 0. The minimum atomic E-state index is -0.297. The number of ether oxygens (including phenoxy) is 1. The van der Waals surface area contributed by atoms with Crippen molar-refractivity contribution < 1.29 is 14.6 Å². The summed E-state index contributed by atoms with van der Waals surface area (Å²) in [5.74, 6) is -0.0315. The van der Waals surface area contributed by atoms with Crippen LogP contribution in [0.25, 0.3) is 0 Å². The number of methoxy groups -OCH3 is 1. The molecule has 2 rings (SSSR count). The molecule has 0 aliphatic carbocycles. The lowest BCUT2D eigenvalue weighted by atomic mass is 10.1. The van der Waals surface area contributed by atoms with Gasteiger partial charge in [-0.05, 0) is 52.7 Å². The Balaban J connectivity index is 2.24. The molecule has 0 spiro atoms. The van der Waals surface area contributed by atoms with Crippen LogP contribution in [0.4, 0.5) is 5.69 Å². The van der Waals surface area contributed by atoms with Crippen molar-refractivity contribution in [3.05, 3.63) is 52.0 Å². The van der Waals surface area contributed by atoms with Crippen molar-refractivity contribution in [2.75, 3.05) is 12.4 Å². The first kappa shape index (κ1) is 14.4. The van der Waals surface area contributed by atoms with Crippen LogP contribution in [0.2, 0.25) is 0 Å². The highest BCUT2D eigenvalue weighted by Gasteiger charge is 2.11. The smallest absolute Gasteiger partial charge is 0.255 e. The summed E-state index contributed by atoms with van der Waals surface area (Å²) in [4.78, 5) is 12.1. The van der Waals surface area contributed by atoms with Gasteiger partial charge in [0.25, 0.3) is 5.91 Å². The Labute approximate surface area is 125 Å². The Morgan fingerprint density at radius 1 is 1.30 bits per heavy atom. The molecule has 0 saturated heterocycles. The molecule has 0 atom stereocenters. The van der Waals surface area contributed by atoms with Gasteiger partial charge in [0.2, 0.25) is 0 Å². The molecule has 0 aliphatic heterocycles. The third kappa shape index (κ3) is 2.93. The van der Waals surface area contributed by atoms with Gasteiger partial charge in [-0.1, -0.05) is 12.1 Å². The molecule has 104 valence electrons. The first-order chi connectivity index (χ1) is 9.52. The van der Waals surface area contributed by atoms with E-state index in [1.54, 1.807) is 18.2 Å². The second kappa shape index (κ2) is 5.96. The zero-order chi connectivity index (χ0) is 14.7. The number of amides is 1. The van der Waals surface area contributed by atoms with Crippen molar-refractivity contribution >= 4 is 27.5 Å². The number of aryl methyl sites for hydroxylation is 1. The second-order valence-corrected chi connectivity index (χ2v) is 5.07. The molecule has 0 saturated carbocycles. The number of nitrogens with one attached hydrogen (secondary N) is 1. The number of hydrogen-bond donors (Lipinski definition) is 2. The molecule has 0 fully saturated rings. The van der Waals surface area contributed by atoms with Gasteiger partial charge in [0.05, 0.1) is 12.8 Å². The van der Waals surface area contributed by atoms with E-state index in [1.165, 1.54) is 13.2 Å². The minimum Gasteiger partial charge on any atom is -0.504 e. The van der Waals surface area contributed by atoms with Crippen molar-refractivity contribution in [3.8, 4) is 11.5 Å². The first-order valence-corrected chi connectivity index (χ1v) is 6.75. The van der Waals surface area contributed by atoms with E-state index in [0.29, 0.717) is 17.0 Å². The third-order valence-electron chi connectivity index (χ3n) is 2.88. The van der Waals surface area contributed by atoms with Gasteiger partial charge in [-0.15, -0.1) is 0 Å². The van der Waals surface area contributed by atoms with Crippen LogP contribution in [0.3, 0.4) is 0 Å². The maximum Gasteiger partial charge on any atom is 0.255 e. The Morgan fingerprint density at radius 2 is 2.05 bits per heavy atom. The fourth-order valence-corrected chi connectivity index (χ4v) is 2.13. The normalized spacial score (nSPS) is 10.2. The number of benzene rings is 2. The van der Waals surface area contributed by atoms with Gasteiger partial charge < -0.3 is 15.2 Å². The van der Waals surface area contributed by atoms with Gasteiger partial charge in [-0.2, -0.15) is 0 Å². The highest BCUT2D eigenvalue weighted by Crippen LogP contribution is 2.28. The number of rotatable bonds is 3. The third-order valence-corrected chi connectivity index (χ3v) is 3.93. The fourth-order valence-electron chi connectivity index (χ4n) is 1.77. The molecule has 0 aromatic heterocycles. The molecule has 0 bridgehead atoms. The molecule has 0 radical (unpaired) electrons. The number of aromatic hydroxyl groups is 1. The van der Waals surface area contributed by atoms with Crippen LogP contribution in [0.1, 0.15) is 15.9 Å². The first-order valence-electron chi connectivity index (χ1n) is 5.96. The summed E-state index contributed by atoms with van der Waals surface area (Å²) in [5, 5.41) is 12.5. The van der Waals surface area contributed by atoms with Crippen LogP contribution < -0.4 is 10.1 Å². The molecule has 0 heterocycles. The molecule has 0 aliphatic rings. The van der Waals surface area contributed by atoms with E-state index < -0.39 is 0 Å². The molecular formula is C15H14BrNO3. The second-order valence-electron chi connectivity index (χ2n) is 4.28. The van der Waals surface area contributed by atoms with Crippen LogP contribution in [-0.2, 0) is 0 Å². The highest BCUT2D eigenvalue weighted by atomic mass is 79.9.